The third-order valence-corrected chi connectivity index (χ3v) is 4.36. The molecule has 5 heteroatoms. The zero-order chi connectivity index (χ0) is 13.1. The smallest absolute Gasteiger partial charge is 0.232 e. The summed E-state index contributed by atoms with van der Waals surface area (Å²) in [6.45, 7) is 9.32. The highest BCUT2D eigenvalue weighted by Gasteiger charge is 2.29. The highest BCUT2D eigenvalue weighted by Crippen LogP contribution is 2.25. The summed E-state index contributed by atoms with van der Waals surface area (Å²) in [5, 5.41) is 0. The highest BCUT2D eigenvalue weighted by atomic mass is 35.5. The first kappa shape index (κ1) is 18.1. The van der Waals surface area contributed by atoms with E-state index in [1.807, 2.05) is 11.8 Å². The van der Waals surface area contributed by atoms with Crippen molar-refractivity contribution in [1.82, 2.24) is 4.90 Å². The zero-order valence-corrected chi connectivity index (χ0v) is 13.6. The molecule has 3 nitrogen and oxygen atoms in total. The van der Waals surface area contributed by atoms with Crippen molar-refractivity contribution >= 4 is 30.1 Å². The fourth-order valence-corrected chi connectivity index (χ4v) is 2.90. The lowest BCUT2D eigenvalue weighted by atomic mass is 9.97. The molecule has 1 heterocycles. The van der Waals surface area contributed by atoms with Crippen LogP contribution in [0.15, 0.2) is 0 Å². The number of likely N-dealkylation sites (tertiary alicyclic amines) is 1. The molecule has 0 saturated carbocycles. The number of carbonyl (C=O) groups is 1. The molecule has 1 amide bonds. The Bertz CT molecular complexity index is 266. The van der Waals surface area contributed by atoms with Crippen molar-refractivity contribution in [2.75, 3.05) is 12.3 Å². The van der Waals surface area contributed by atoms with Crippen LogP contribution in [0.2, 0.25) is 0 Å². The Morgan fingerprint density at radius 2 is 2.06 bits per heavy atom. The molecule has 0 aromatic heterocycles. The largest absolute Gasteiger partial charge is 0.337 e. The predicted octanol–water partition coefficient (Wildman–Crippen LogP) is 2.67. The third-order valence-electron chi connectivity index (χ3n) is 3.11. The SMILES string of the molecule is CC(N)C1CCCCN1C(=O)CSC(C)(C)C.Cl. The van der Waals surface area contributed by atoms with E-state index in [4.69, 9.17) is 5.73 Å². The number of nitrogens with zero attached hydrogens (tertiary/aromatic N) is 1. The van der Waals surface area contributed by atoms with Crippen molar-refractivity contribution in [2.24, 2.45) is 5.73 Å². The average Bonchev–Trinajstić information content (AvgIpc) is 2.25. The van der Waals surface area contributed by atoms with Crippen molar-refractivity contribution in [3.8, 4) is 0 Å². The number of amides is 1. The van der Waals surface area contributed by atoms with E-state index in [0.717, 1.165) is 19.4 Å². The highest BCUT2D eigenvalue weighted by molar-refractivity contribution is 8.01. The molecule has 1 aliphatic heterocycles. The van der Waals surface area contributed by atoms with Crippen molar-refractivity contribution in [1.29, 1.82) is 0 Å². The Morgan fingerprint density at radius 1 is 1.44 bits per heavy atom. The van der Waals surface area contributed by atoms with Gasteiger partial charge < -0.3 is 10.6 Å². The molecule has 0 aromatic rings. The van der Waals surface area contributed by atoms with E-state index in [1.165, 1.54) is 6.42 Å². The summed E-state index contributed by atoms with van der Waals surface area (Å²) in [5.74, 6) is 0.833. The molecule has 0 radical (unpaired) electrons. The predicted molar refractivity (Wildman–Crippen MR) is 82.5 cm³/mol. The summed E-state index contributed by atoms with van der Waals surface area (Å²) in [5.41, 5.74) is 5.98. The monoisotopic (exact) mass is 294 g/mol. The van der Waals surface area contributed by atoms with E-state index < -0.39 is 0 Å². The van der Waals surface area contributed by atoms with Gasteiger partial charge in [0.2, 0.25) is 5.91 Å². The number of hydrogen-bond acceptors (Lipinski definition) is 3. The molecule has 108 valence electrons. The molecule has 2 unspecified atom stereocenters. The number of nitrogens with two attached hydrogens (primary N) is 1. The first-order valence-electron chi connectivity index (χ1n) is 6.50. The van der Waals surface area contributed by atoms with Gasteiger partial charge in [0, 0.05) is 23.4 Å². The summed E-state index contributed by atoms with van der Waals surface area (Å²) in [6, 6.07) is 0.329. The number of halogens is 1. The van der Waals surface area contributed by atoms with Crippen molar-refractivity contribution in [2.45, 2.75) is 63.8 Å². The van der Waals surface area contributed by atoms with Gasteiger partial charge >= 0.3 is 0 Å². The normalized spacial score (nSPS) is 22.3. The standard InChI is InChI=1S/C13H26N2OS.ClH/c1-10(14)11-7-5-6-8-15(11)12(16)9-17-13(2,3)4;/h10-11H,5-9,14H2,1-4H3;1H. The maximum atomic E-state index is 12.2. The van der Waals surface area contributed by atoms with Gasteiger partial charge in [-0.1, -0.05) is 20.8 Å². The number of piperidine rings is 1. The number of carbonyl (C=O) groups excluding carboxylic acids is 1. The molecule has 1 rings (SSSR count). The van der Waals surface area contributed by atoms with Gasteiger partial charge in [0.15, 0.2) is 0 Å². The Kier molecular flexibility index (Phi) is 7.64. The van der Waals surface area contributed by atoms with Gasteiger partial charge in [-0.2, -0.15) is 0 Å². The number of hydrogen-bond donors (Lipinski definition) is 1. The second-order valence-corrected chi connectivity index (χ2v) is 7.71. The van der Waals surface area contributed by atoms with Gasteiger partial charge in [0.05, 0.1) is 5.75 Å². The summed E-state index contributed by atoms with van der Waals surface area (Å²) < 4.78 is 0.148. The van der Waals surface area contributed by atoms with Crippen LogP contribution < -0.4 is 5.73 Å². The minimum absolute atomic E-state index is 0. The lowest BCUT2D eigenvalue weighted by Crippen LogP contribution is -2.52. The lowest BCUT2D eigenvalue weighted by Gasteiger charge is -2.38. The Morgan fingerprint density at radius 3 is 2.56 bits per heavy atom. The first-order valence-corrected chi connectivity index (χ1v) is 7.49. The van der Waals surface area contributed by atoms with E-state index in [-0.39, 0.29) is 35.1 Å². The minimum atomic E-state index is 0. The van der Waals surface area contributed by atoms with Gasteiger partial charge in [0.25, 0.3) is 0 Å². The summed E-state index contributed by atoms with van der Waals surface area (Å²) in [7, 11) is 0. The van der Waals surface area contributed by atoms with Crippen LogP contribution in [0.1, 0.15) is 47.0 Å². The minimum Gasteiger partial charge on any atom is -0.337 e. The summed E-state index contributed by atoms with van der Waals surface area (Å²) >= 11 is 1.72. The van der Waals surface area contributed by atoms with Crippen LogP contribution in [-0.2, 0) is 4.79 Å². The molecule has 1 saturated heterocycles. The van der Waals surface area contributed by atoms with E-state index >= 15 is 0 Å². The van der Waals surface area contributed by atoms with Gasteiger partial charge in [-0.15, -0.1) is 24.2 Å². The van der Waals surface area contributed by atoms with E-state index in [9.17, 15) is 4.79 Å². The second kappa shape index (κ2) is 7.61. The van der Waals surface area contributed by atoms with E-state index in [1.54, 1.807) is 11.8 Å². The summed E-state index contributed by atoms with van der Waals surface area (Å²) in [4.78, 5) is 14.2. The van der Waals surface area contributed by atoms with Crippen LogP contribution >= 0.6 is 24.2 Å². The average molecular weight is 295 g/mol. The Labute approximate surface area is 122 Å². The molecule has 2 N–H and O–H groups in total. The third kappa shape index (κ3) is 5.81. The van der Waals surface area contributed by atoms with E-state index in [0.29, 0.717) is 5.75 Å². The Hall–Kier alpha value is 0.0700. The molecule has 0 aromatic carbocycles. The number of rotatable bonds is 3. The molecule has 0 spiro atoms. The second-order valence-electron chi connectivity index (χ2n) is 5.91. The fraction of sp³-hybridized carbons (Fsp3) is 0.923. The van der Waals surface area contributed by atoms with Crippen LogP contribution in [0, 0.1) is 0 Å². The lowest BCUT2D eigenvalue weighted by molar-refractivity contribution is -0.132. The van der Waals surface area contributed by atoms with Gasteiger partial charge in [-0.25, -0.2) is 0 Å². The topological polar surface area (TPSA) is 46.3 Å². The van der Waals surface area contributed by atoms with Crippen molar-refractivity contribution in [3.05, 3.63) is 0 Å². The Balaban J connectivity index is 0.00000289. The molecular formula is C13H27ClN2OS. The van der Waals surface area contributed by atoms with Crippen molar-refractivity contribution in [3.63, 3.8) is 0 Å². The molecule has 2 atom stereocenters. The number of thioether (sulfide) groups is 1. The first-order chi connectivity index (χ1) is 7.81. The van der Waals surface area contributed by atoms with Crippen LogP contribution in [0.5, 0.6) is 0 Å². The molecule has 0 aliphatic carbocycles. The molecular weight excluding hydrogens is 268 g/mol. The quantitative estimate of drug-likeness (QED) is 0.870. The van der Waals surface area contributed by atoms with Crippen LogP contribution in [0.4, 0.5) is 0 Å². The zero-order valence-electron chi connectivity index (χ0n) is 11.9. The van der Waals surface area contributed by atoms with Crippen LogP contribution in [0.25, 0.3) is 0 Å². The maximum Gasteiger partial charge on any atom is 0.232 e. The van der Waals surface area contributed by atoms with Gasteiger partial charge in [0.1, 0.15) is 0 Å². The van der Waals surface area contributed by atoms with Crippen LogP contribution in [0.3, 0.4) is 0 Å². The molecule has 1 aliphatic rings. The van der Waals surface area contributed by atoms with Crippen molar-refractivity contribution < 1.29 is 4.79 Å². The molecule has 18 heavy (non-hydrogen) atoms. The van der Waals surface area contributed by atoms with E-state index in [2.05, 4.69) is 20.8 Å². The molecule has 1 fully saturated rings. The fourth-order valence-electron chi connectivity index (χ4n) is 2.17. The van der Waals surface area contributed by atoms with Crippen LogP contribution in [-0.4, -0.2) is 39.9 Å². The summed E-state index contributed by atoms with van der Waals surface area (Å²) in [6.07, 6.45) is 3.38. The maximum absolute atomic E-state index is 12.2. The van der Waals surface area contributed by atoms with Gasteiger partial charge in [-0.3, -0.25) is 4.79 Å². The van der Waals surface area contributed by atoms with Gasteiger partial charge in [-0.05, 0) is 26.2 Å². The molecule has 0 bridgehead atoms.